The van der Waals surface area contributed by atoms with Crippen LogP contribution >= 0.6 is 11.3 Å². The first-order valence-electron chi connectivity index (χ1n) is 7.63. The Balaban J connectivity index is 1.62. The zero-order valence-electron chi connectivity index (χ0n) is 13.0. The number of carbonyl (C=O) groups is 1. The van der Waals surface area contributed by atoms with Crippen LogP contribution < -0.4 is 5.32 Å². The predicted octanol–water partition coefficient (Wildman–Crippen LogP) is 3.63. The minimum Gasteiger partial charge on any atom is -0.381 e. The molecule has 0 aliphatic carbocycles. The standard InChI is InChI=1S/C17H19FN2O2S/c1-17(6-8-22-9-7-17)15(21)20-16-19-11-14(23-16)10-12-2-4-13(18)5-3-12/h2-5,11H,6-10H2,1H3,(H,19,20,21). The van der Waals surface area contributed by atoms with Gasteiger partial charge in [-0.25, -0.2) is 9.37 Å². The van der Waals surface area contributed by atoms with Gasteiger partial charge in [-0.2, -0.15) is 0 Å². The molecule has 1 aromatic carbocycles. The van der Waals surface area contributed by atoms with E-state index in [9.17, 15) is 9.18 Å². The number of benzene rings is 1. The first kappa shape index (κ1) is 16.1. The quantitative estimate of drug-likeness (QED) is 0.929. The van der Waals surface area contributed by atoms with E-state index in [-0.39, 0.29) is 17.1 Å². The zero-order chi connectivity index (χ0) is 16.3. The molecule has 0 bridgehead atoms. The summed E-state index contributed by atoms with van der Waals surface area (Å²) in [5.74, 6) is -0.237. The molecule has 1 N–H and O–H groups in total. The molecule has 0 atom stereocenters. The fourth-order valence-corrected chi connectivity index (χ4v) is 3.39. The molecule has 23 heavy (non-hydrogen) atoms. The largest absolute Gasteiger partial charge is 0.381 e. The highest BCUT2D eigenvalue weighted by atomic mass is 32.1. The summed E-state index contributed by atoms with van der Waals surface area (Å²) in [7, 11) is 0. The van der Waals surface area contributed by atoms with Gasteiger partial charge in [0.15, 0.2) is 5.13 Å². The number of hydrogen-bond acceptors (Lipinski definition) is 4. The third-order valence-corrected chi connectivity index (χ3v) is 5.12. The van der Waals surface area contributed by atoms with Gasteiger partial charge in [-0.3, -0.25) is 4.79 Å². The van der Waals surface area contributed by atoms with Crippen molar-refractivity contribution in [2.45, 2.75) is 26.2 Å². The summed E-state index contributed by atoms with van der Waals surface area (Å²) in [4.78, 5) is 17.8. The maximum Gasteiger partial charge on any atom is 0.232 e. The van der Waals surface area contributed by atoms with Crippen LogP contribution in [0.15, 0.2) is 30.5 Å². The van der Waals surface area contributed by atoms with E-state index in [0.717, 1.165) is 23.3 Å². The number of hydrogen-bond donors (Lipinski definition) is 1. The Labute approximate surface area is 138 Å². The topological polar surface area (TPSA) is 51.2 Å². The molecule has 1 saturated heterocycles. The molecule has 1 aliphatic rings. The molecule has 6 heteroatoms. The number of nitrogens with one attached hydrogen (secondary N) is 1. The Morgan fingerprint density at radius 1 is 1.35 bits per heavy atom. The molecule has 2 aromatic rings. The Bertz CT molecular complexity index is 678. The summed E-state index contributed by atoms with van der Waals surface area (Å²) in [6.45, 7) is 3.22. The van der Waals surface area contributed by atoms with E-state index in [0.29, 0.717) is 24.8 Å². The van der Waals surface area contributed by atoms with Gasteiger partial charge in [0.2, 0.25) is 5.91 Å². The van der Waals surface area contributed by atoms with Gasteiger partial charge in [0.1, 0.15) is 5.82 Å². The fraction of sp³-hybridized carbons (Fsp3) is 0.412. The van der Waals surface area contributed by atoms with Gasteiger partial charge in [-0.15, -0.1) is 11.3 Å². The number of thiazole rings is 1. The number of amides is 1. The Kier molecular flexibility index (Phi) is 4.73. The van der Waals surface area contributed by atoms with Crippen molar-refractivity contribution in [3.05, 3.63) is 46.7 Å². The monoisotopic (exact) mass is 334 g/mol. The third kappa shape index (κ3) is 3.95. The number of nitrogens with zero attached hydrogens (tertiary/aromatic N) is 1. The first-order chi connectivity index (χ1) is 11.0. The van der Waals surface area contributed by atoms with Crippen molar-refractivity contribution in [1.29, 1.82) is 0 Å². The van der Waals surface area contributed by atoms with Gasteiger partial charge in [0.25, 0.3) is 0 Å². The van der Waals surface area contributed by atoms with Crippen molar-refractivity contribution in [3.63, 3.8) is 0 Å². The number of halogens is 1. The SMILES string of the molecule is CC1(C(=O)Nc2ncc(Cc3ccc(F)cc3)s2)CCOCC1. The minimum atomic E-state index is -0.388. The first-order valence-corrected chi connectivity index (χ1v) is 8.45. The Morgan fingerprint density at radius 2 is 2.04 bits per heavy atom. The van der Waals surface area contributed by atoms with Crippen LogP contribution in [0.2, 0.25) is 0 Å². The molecule has 1 amide bonds. The van der Waals surface area contributed by atoms with Crippen molar-refractivity contribution in [2.75, 3.05) is 18.5 Å². The van der Waals surface area contributed by atoms with Crippen molar-refractivity contribution in [2.24, 2.45) is 5.41 Å². The van der Waals surface area contributed by atoms with Crippen LogP contribution in [0, 0.1) is 11.2 Å². The van der Waals surface area contributed by atoms with Gasteiger partial charge in [0, 0.05) is 30.7 Å². The Hall–Kier alpha value is -1.79. The highest BCUT2D eigenvalue weighted by molar-refractivity contribution is 7.15. The second kappa shape index (κ2) is 6.76. The van der Waals surface area contributed by atoms with Crippen LogP contribution in [-0.4, -0.2) is 24.1 Å². The van der Waals surface area contributed by atoms with Crippen LogP contribution in [0.4, 0.5) is 9.52 Å². The molecule has 1 fully saturated rings. The van der Waals surface area contributed by atoms with Gasteiger partial charge >= 0.3 is 0 Å². The summed E-state index contributed by atoms with van der Waals surface area (Å²) in [6, 6.07) is 6.42. The maximum absolute atomic E-state index is 12.9. The van der Waals surface area contributed by atoms with E-state index in [4.69, 9.17) is 4.74 Å². The van der Waals surface area contributed by atoms with Crippen molar-refractivity contribution in [1.82, 2.24) is 4.98 Å². The summed E-state index contributed by atoms with van der Waals surface area (Å²) in [6.07, 6.45) is 3.90. The lowest BCUT2D eigenvalue weighted by Gasteiger charge is -2.31. The molecule has 0 spiro atoms. The molecule has 1 aliphatic heterocycles. The predicted molar refractivity (Wildman–Crippen MR) is 88.1 cm³/mol. The van der Waals surface area contributed by atoms with Gasteiger partial charge in [-0.05, 0) is 30.5 Å². The normalized spacial score (nSPS) is 17.0. The van der Waals surface area contributed by atoms with E-state index in [1.54, 1.807) is 18.3 Å². The van der Waals surface area contributed by atoms with Gasteiger partial charge in [-0.1, -0.05) is 19.1 Å². The second-order valence-corrected chi connectivity index (χ2v) is 7.18. The number of aromatic nitrogens is 1. The Morgan fingerprint density at radius 3 is 2.74 bits per heavy atom. The molecule has 0 unspecified atom stereocenters. The van der Waals surface area contributed by atoms with Crippen molar-refractivity contribution in [3.8, 4) is 0 Å². The van der Waals surface area contributed by atoms with Crippen LogP contribution in [0.25, 0.3) is 0 Å². The average Bonchev–Trinajstić information content (AvgIpc) is 2.97. The van der Waals surface area contributed by atoms with Crippen LogP contribution in [0.5, 0.6) is 0 Å². The third-order valence-electron chi connectivity index (χ3n) is 4.21. The van der Waals surface area contributed by atoms with E-state index in [1.165, 1.54) is 23.5 Å². The number of carbonyl (C=O) groups excluding carboxylic acids is 1. The summed E-state index contributed by atoms with van der Waals surface area (Å²) >= 11 is 1.45. The summed E-state index contributed by atoms with van der Waals surface area (Å²) in [5, 5.41) is 3.53. The van der Waals surface area contributed by atoms with Gasteiger partial charge < -0.3 is 10.1 Å². The van der Waals surface area contributed by atoms with Crippen LogP contribution in [0.3, 0.4) is 0 Å². The van der Waals surface area contributed by atoms with E-state index in [2.05, 4.69) is 10.3 Å². The van der Waals surface area contributed by atoms with Crippen molar-refractivity contribution >= 4 is 22.4 Å². The lowest BCUT2D eigenvalue weighted by molar-refractivity contribution is -0.129. The average molecular weight is 334 g/mol. The smallest absolute Gasteiger partial charge is 0.232 e. The van der Waals surface area contributed by atoms with Crippen molar-refractivity contribution < 1.29 is 13.9 Å². The maximum atomic E-state index is 12.9. The molecule has 1 aromatic heterocycles. The molecule has 0 saturated carbocycles. The number of anilines is 1. The van der Waals surface area contributed by atoms with E-state index >= 15 is 0 Å². The lowest BCUT2D eigenvalue weighted by Crippen LogP contribution is -2.38. The molecular formula is C17H19FN2O2S. The number of ether oxygens (including phenoxy) is 1. The molecule has 0 radical (unpaired) electrons. The number of rotatable bonds is 4. The van der Waals surface area contributed by atoms with Crippen LogP contribution in [0.1, 0.15) is 30.2 Å². The minimum absolute atomic E-state index is 0.00322. The van der Waals surface area contributed by atoms with Crippen LogP contribution in [-0.2, 0) is 16.0 Å². The summed E-state index contributed by atoms with van der Waals surface area (Å²) < 4.78 is 18.2. The van der Waals surface area contributed by atoms with E-state index in [1.807, 2.05) is 6.92 Å². The molecule has 122 valence electrons. The molecular weight excluding hydrogens is 315 g/mol. The highest BCUT2D eigenvalue weighted by Crippen LogP contribution is 2.32. The lowest BCUT2D eigenvalue weighted by atomic mass is 9.81. The van der Waals surface area contributed by atoms with Gasteiger partial charge in [0.05, 0.1) is 5.41 Å². The fourth-order valence-electron chi connectivity index (χ4n) is 2.55. The molecule has 4 nitrogen and oxygen atoms in total. The zero-order valence-corrected chi connectivity index (χ0v) is 13.8. The second-order valence-electron chi connectivity index (χ2n) is 6.06. The summed E-state index contributed by atoms with van der Waals surface area (Å²) in [5.41, 5.74) is 0.630. The molecule has 2 heterocycles. The molecule has 3 rings (SSSR count). The van der Waals surface area contributed by atoms with E-state index < -0.39 is 0 Å². The highest BCUT2D eigenvalue weighted by Gasteiger charge is 2.35.